The Morgan fingerprint density at radius 1 is 1.33 bits per heavy atom. The molecular formula is C17H18N2OS. The first-order valence-corrected chi connectivity index (χ1v) is 7.90. The fraction of sp³-hybridized carbons (Fsp3) is 0.235. The van der Waals surface area contributed by atoms with Crippen LogP contribution in [0.5, 0.6) is 0 Å². The Morgan fingerprint density at radius 2 is 2.19 bits per heavy atom. The number of carbonyl (C=O) groups excluding carboxylic acids is 1. The molecule has 4 heteroatoms. The summed E-state index contributed by atoms with van der Waals surface area (Å²) in [4.78, 5) is 18.9. The molecule has 2 aromatic heterocycles. The molecule has 1 N–H and O–H groups in total. The van der Waals surface area contributed by atoms with E-state index in [1.807, 2.05) is 48.5 Å². The van der Waals surface area contributed by atoms with Crippen LogP contribution in [0.4, 0.5) is 0 Å². The van der Waals surface area contributed by atoms with Crippen LogP contribution >= 0.6 is 11.3 Å². The van der Waals surface area contributed by atoms with E-state index < -0.39 is 0 Å². The van der Waals surface area contributed by atoms with E-state index in [9.17, 15) is 4.79 Å². The standard InChI is InChI=1S/C17H18N2OS/c1-12(10-15-4-3-9-21-15)19(2)17(20)14-5-6-16-13(11-14)7-8-18-16/h3-9,11-12,18H,10H2,1-2H3. The van der Waals surface area contributed by atoms with Crippen molar-refractivity contribution in [2.24, 2.45) is 0 Å². The number of fused-ring (bicyclic) bond motifs is 1. The van der Waals surface area contributed by atoms with Crippen LogP contribution in [0.1, 0.15) is 22.2 Å². The molecule has 0 aliphatic heterocycles. The molecule has 108 valence electrons. The maximum absolute atomic E-state index is 12.6. The minimum absolute atomic E-state index is 0.0714. The smallest absolute Gasteiger partial charge is 0.253 e. The van der Waals surface area contributed by atoms with Gasteiger partial charge in [-0.1, -0.05) is 6.07 Å². The van der Waals surface area contributed by atoms with Gasteiger partial charge in [0.2, 0.25) is 0 Å². The highest BCUT2D eigenvalue weighted by Crippen LogP contribution is 2.18. The number of thiophene rings is 1. The van der Waals surface area contributed by atoms with Gasteiger partial charge in [0.05, 0.1) is 0 Å². The maximum atomic E-state index is 12.6. The lowest BCUT2D eigenvalue weighted by Crippen LogP contribution is -2.36. The number of aromatic nitrogens is 1. The number of amides is 1. The molecule has 3 aromatic rings. The van der Waals surface area contributed by atoms with Crippen molar-refractivity contribution in [3.63, 3.8) is 0 Å². The Morgan fingerprint density at radius 3 is 2.95 bits per heavy atom. The van der Waals surface area contributed by atoms with Gasteiger partial charge in [0.25, 0.3) is 5.91 Å². The predicted octanol–water partition coefficient (Wildman–Crippen LogP) is 3.93. The number of nitrogens with zero attached hydrogens (tertiary/aromatic N) is 1. The van der Waals surface area contributed by atoms with Crippen LogP contribution in [0.3, 0.4) is 0 Å². The molecule has 0 radical (unpaired) electrons. The van der Waals surface area contributed by atoms with Crippen molar-refractivity contribution >= 4 is 28.1 Å². The lowest BCUT2D eigenvalue weighted by molar-refractivity contribution is 0.0744. The molecule has 2 heterocycles. The second kappa shape index (κ2) is 5.74. The van der Waals surface area contributed by atoms with Crippen molar-refractivity contribution in [3.05, 3.63) is 58.4 Å². The molecule has 3 rings (SSSR count). The van der Waals surface area contributed by atoms with Crippen molar-refractivity contribution in [1.82, 2.24) is 9.88 Å². The number of aromatic amines is 1. The summed E-state index contributed by atoms with van der Waals surface area (Å²) in [5, 5.41) is 3.14. The molecular weight excluding hydrogens is 280 g/mol. The molecule has 0 fully saturated rings. The van der Waals surface area contributed by atoms with Gasteiger partial charge < -0.3 is 9.88 Å². The van der Waals surface area contributed by atoms with Gasteiger partial charge >= 0.3 is 0 Å². The number of nitrogens with one attached hydrogen (secondary N) is 1. The number of rotatable bonds is 4. The van der Waals surface area contributed by atoms with E-state index in [0.717, 1.165) is 22.9 Å². The maximum Gasteiger partial charge on any atom is 0.253 e. The highest BCUT2D eigenvalue weighted by atomic mass is 32.1. The summed E-state index contributed by atoms with van der Waals surface area (Å²) in [5.41, 5.74) is 1.79. The highest BCUT2D eigenvalue weighted by Gasteiger charge is 2.18. The highest BCUT2D eigenvalue weighted by molar-refractivity contribution is 7.09. The zero-order valence-corrected chi connectivity index (χ0v) is 13.0. The zero-order chi connectivity index (χ0) is 14.8. The first kappa shape index (κ1) is 13.9. The molecule has 0 saturated heterocycles. The first-order valence-electron chi connectivity index (χ1n) is 7.02. The van der Waals surface area contributed by atoms with E-state index in [0.29, 0.717) is 0 Å². The summed E-state index contributed by atoms with van der Waals surface area (Å²) in [6.07, 6.45) is 2.79. The zero-order valence-electron chi connectivity index (χ0n) is 12.2. The Balaban J connectivity index is 1.76. The second-order valence-corrected chi connectivity index (χ2v) is 6.36. The largest absolute Gasteiger partial charge is 0.361 e. The lowest BCUT2D eigenvalue weighted by atomic mass is 10.1. The summed E-state index contributed by atoms with van der Waals surface area (Å²) in [5.74, 6) is 0.0714. The molecule has 1 atom stereocenters. The fourth-order valence-electron chi connectivity index (χ4n) is 2.45. The van der Waals surface area contributed by atoms with Gasteiger partial charge in [-0.25, -0.2) is 0 Å². The average Bonchev–Trinajstić information content (AvgIpc) is 3.15. The molecule has 0 aliphatic rings. The SMILES string of the molecule is CC(Cc1cccs1)N(C)C(=O)c1ccc2[nH]ccc2c1. The van der Waals surface area contributed by atoms with E-state index in [4.69, 9.17) is 0 Å². The summed E-state index contributed by atoms with van der Waals surface area (Å²) in [6, 6.07) is 12.1. The summed E-state index contributed by atoms with van der Waals surface area (Å²) in [7, 11) is 1.88. The van der Waals surface area contributed by atoms with E-state index in [1.165, 1.54) is 4.88 Å². The van der Waals surface area contributed by atoms with Crippen molar-refractivity contribution < 1.29 is 4.79 Å². The number of hydrogen-bond donors (Lipinski definition) is 1. The van der Waals surface area contributed by atoms with Crippen molar-refractivity contribution in [3.8, 4) is 0 Å². The number of benzene rings is 1. The minimum atomic E-state index is 0.0714. The summed E-state index contributed by atoms with van der Waals surface area (Å²) >= 11 is 1.74. The van der Waals surface area contributed by atoms with Crippen LogP contribution in [-0.4, -0.2) is 28.9 Å². The second-order valence-electron chi connectivity index (χ2n) is 5.33. The average molecular weight is 298 g/mol. The van der Waals surface area contributed by atoms with Crippen LogP contribution in [0.15, 0.2) is 48.0 Å². The Kier molecular flexibility index (Phi) is 3.80. The van der Waals surface area contributed by atoms with E-state index in [1.54, 1.807) is 11.3 Å². The third-order valence-electron chi connectivity index (χ3n) is 3.86. The van der Waals surface area contributed by atoms with Crippen molar-refractivity contribution in [2.45, 2.75) is 19.4 Å². The number of carbonyl (C=O) groups is 1. The lowest BCUT2D eigenvalue weighted by Gasteiger charge is -2.24. The monoisotopic (exact) mass is 298 g/mol. The van der Waals surface area contributed by atoms with Gasteiger partial charge in [-0.05, 0) is 42.6 Å². The minimum Gasteiger partial charge on any atom is -0.361 e. The molecule has 0 bridgehead atoms. The molecule has 0 spiro atoms. The van der Waals surface area contributed by atoms with E-state index >= 15 is 0 Å². The molecule has 0 aliphatic carbocycles. The topological polar surface area (TPSA) is 36.1 Å². The third-order valence-corrected chi connectivity index (χ3v) is 4.76. The van der Waals surface area contributed by atoms with Crippen molar-refractivity contribution in [1.29, 1.82) is 0 Å². The Labute approximate surface area is 128 Å². The van der Waals surface area contributed by atoms with Gasteiger partial charge in [-0.3, -0.25) is 4.79 Å². The van der Waals surface area contributed by atoms with Crippen LogP contribution in [0.25, 0.3) is 10.9 Å². The van der Waals surface area contributed by atoms with Gasteiger partial charge in [0, 0.05) is 47.1 Å². The van der Waals surface area contributed by atoms with Gasteiger partial charge in [-0.2, -0.15) is 0 Å². The van der Waals surface area contributed by atoms with Crippen molar-refractivity contribution in [2.75, 3.05) is 7.05 Å². The quantitative estimate of drug-likeness (QED) is 0.778. The van der Waals surface area contributed by atoms with Gasteiger partial charge in [-0.15, -0.1) is 11.3 Å². The Bertz CT molecular complexity index is 745. The van der Waals surface area contributed by atoms with Gasteiger partial charge in [0.1, 0.15) is 0 Å². The van der Waals surface area contributed by atoms with Crippen LogP contribution in [-0.2, 0) is 6.42 Å². The first-order chi connectivity index (χ1) is 10.1. The molecule has 1 amide bonds. The number of likely N-dealkylation sites (N-methyl/N-ethyl adjacent to an activating group) is 1. The molecule has 21 heavy (non-hydrogen) atoms. The van der Waals surface area contributed by atoms with E-state index in [-0.39, 0.29) is 11.9 Å². The summed E-state index contributed by atoms with van der Waals surface area (Å²) < 4.78 is 0. The number of hydrogen-bond acceptors (Lipinski definition) is 2. The molecule has 1 aromatic carbocycles. The predicted molar refractivity (Wildman–Crippen MR) is 87.9 cm³/mol. The molecule has 1 unspecified atom stereocenters. The van der Waals surface area contributed by atoms with E-state index in [2.05, 4.69) is 23.4 Å². The van der Waals surface area contributed by atoms with Crippen LogP contribution in [0.2, 0.25) is 0 Å². The van der Waals surface area contributed by atoms with Crippen LogP contribution < -0.4 is 0 Å². The Hall–Kier alpha value is -2.07. The van der Waals surface area contributed by atoms with Crippen LogP contribution in [0, 0.1) is 0 Å². The summed E-state index contributed by atoms with van der Waals surface area (Å²) in [6.45, 7) is 2.09. The fourth-order valence-corrected chi connectivity index (χ4v) is 3.27. The third kappa shape index (κ3) is 2.85. The molecule has 0 saturated carbocycles. The van der Waals surface area contributed by atoms with Gasteiger partial charge in [0.15, 0.2) is 0 Å². The normalized spacial score (nSPS) is 12.5. The number of H-pyrrole nitrogens is 1. The molecule has 3 nitrogen and oxygen atoms in total.